The topological polar surface area (TPSA) is 59.4 Å². The van der Waals surface area contributed by atoms with Crippen molar-refractivity contribution in [2.24, 2.45) is 0 Å². The Bertz CT molecular complexity index is 788. The van der Waals surface area contributed by atoms with Crippen molar-refractivity contribution < 1.29 is 0 Å². The molecule has 100 valence electrons. The van der Waals surface area contributed by atoms with E-state index in [2.05, 4.69) is 34.6 Å². The van der Waals surface area contributed by atoms with Gasteiger partial charge in [-0.3, -0.25) is 0 Å². The molecule has 0 aliphatic rings. The zero-order chi connectivity index (χ0) is 14.1. The lowest BCUT2D eigenvalue weighted by Crippen LogP contribution is -2.11. The van der Waals surface area contributed by atoms with Gasteiger partial charge < -0.3 is 4.57 Å². The van der Waals surface area contributed by atoms with Gasteiger partial charge in [-0.15, -0.1) is 0 Å². The lowest BCUT2D eigenvalue weighted by molar-refractivity contribution is 0.498. The maximum Gasteiger partial charge on any atom is 0.147 e. The van der Waals surface area contributed by atoms with Crippen LogP contribution in [0.4, 0.5) is 0 Å². The van der Waals surface area contributed by atoms with Crippen molar-refractivity contribution in [3.63, 3.8) is 0 Å². The number of rotatable bonds is 3. The van der Waals surface area contributed by atoms with Gasteiger partial charge in [-0.05, 0) is 32.0 Å². The highest BCUT2D eigenvalue weighted by atomic mass is 15.4. The van der Waals surface area contributed by atoms with Gasteiger partial charge in [0.2, 0.25) is 0 Å². The average molecular weight is 265 g/mol. The highest BCUT2D eigenvalue weighted by Gasteiger charge is 2.10. The van der Waals surface area contributed by atoms with E-state index < -0.39 is 0 Å². The van der Waals surface area contributed by atoms with Crippen LogP contribution in [0.25, 0.3) is 10.9 Å². The molecule has 0 N–H and O–H groups in total. The van der Waals surface area contributed by atoms with Crippen molar-refractivity contribution in [3.05, 3.63) is 48.2 Å². The molecular weight excluding hydrogens is 250 g/mol. The van der Waals surface area contributed by atoms with E-state index in [0.29, 0.717) is 12.1 Å². The number of hydrogen-bond acceptors (Lipinski definition) is 3. The van der Waals surface area contributed by atoms with Crippen molar-refractivity contribution in [3.8, 4) is 6.07 Å². The Labute approximate surface area is 117 Å². The molecule has 0 saturated heterocycles. The molecule has 5 heteroatoms. The van der Waals surface area contributed by atoms with Gasteiger partial charge in [-0.1, -0.05) is 6.07 Å². The quantitative estimate of drug-likeness (QED) is 0.731. The first kappa shape index (κ1) is 12.4. The van der Waals surface area contributed by atoms with Gasteiger partial charge in [0.05, 0.1) is 18.2 Å². The van der Waals surface area contributed by atoms with Gasteiger partial charge in [0.25, 0.3) is 0 Å². The number of nitrogens with zero attached hydrogens (tertiary/aromatic N) is 5. The Morgan fingerprint density at radius 2 is 2.15 bits per heavy atom. The Hall–Kier alpha value is -2.61. The molecular formula is C15H15N5. The molecule has 20 heavy (non-hydrogen) atoms. The summed E-state index contributed by atoms with van der Waals surface area (Å²) in [7, 11) is 0. The predicted octanol–water partition coefficient (Wildman–Crippen LogP) is 2.73. The molecule has 0 fully saturated rings. The van der Waals surface area contributed by atoms with Crippen LogP contribution in [-0.4, -0.2) is 19.3 Å². The van der Waals surface area contributed by atoms with Crippen molar-refractivity contribution >= 4 is 10.9 Å². The molecule has 0 aliphatic heterocycles. The second-order valence-corrected chi connectivity index (χ2v) is 5.01. The van der Waals surface area contributed by atoms with E-state index in [1.165, 1.54) is 0 Å². The van der Waals surface area contributed by atoms with Crippen LogP contribution in [-0.2, 0) is 6.54 Å². The Morgan fingerprint density at radius 1 is 1.30 bits per heavy atom. The summed E-state index contributed by atoms with van der Waals surface area (Å²) >= 11 is 0. The molecule has 0 saturated carbocycles. The van der Waals surface area contributed by atoms with E-state index in [9.17, 15) is 0 Å². The zero-order valence-electron chi connectivity index (χ0n) is 11.5. The molecule has 0 amide bonds. The van der Waals surface area contributed by atoms with Crippen molar-refractivity contribution in [2.45, 2.75) is 26.4 Å². The number of hydrogen-bond donors (Lipinski definition) is 0. The summed E-state index contributed by atoms with van der Waals surface area (Å²) in [6.07, 6.45) is 3.58. The molecule has 0 radical (unpaired) electrons. The van der Waals surface area contributed by atoms with Gasteiger partial charge in [0.1, 0.15) is 12.2 Å². The third kappa shape index (κ3) is 1.95. The Morgan fingerprint density at radius 3 is 2.90 bits per heavy atom. The number of fused-ring (bicyclic) bond motifs is 1. The van der Waals surface area contributed by atoms with Gasteiger partial charge in [-0.25, -0.2) is 9.67 Å². The third-order valence-electron chi connectivity index (χ3n) is 3.38. The minimum atomic E-state index is 0.281. The van der Waals surface area contributed by atoms with Crippen LogP contribution in [0, 0.1) is 11.3 Å². The molecule has 1 aromatic carbocycles. The molecule has 3 aromatic rings. The fraction of sp³-hybridized carbons (Fsp3) is 0.267. The van der Waals surface area contributed by atoms with Crippen molar-refractivity contribution in [1.29, 1.82) is 5.26 Å². The Kier molecular flexibility index (Phi) is 2.99. The summed E-state index contributed by atoms with van der Waals surface area (Å²) < 4.78 is 4.01. The van der Waals surface area contributed by atoms with Crippen LogP contribution < -0.4 is 0 Å². The molecule has 0 spiro atoms. The minimum absolute atomic E-state index is 0.281. The molecule has 2 heterocycles. The van der Waals surface area contributed by atoms with Crippen LogP contribution in [0.1, 0.15) is 31.3 Å². The van der Waals surface area contributed by atoms with Crippen molar-refractivity contribution in [1.82, 2.24) is 19.3 Å². The predicted molar refractivity (Wildman–Crippen MR) is 76.2 cm³/mol. The number of nitriles is 1. The summed E-state index contributed by atoms with van der Waals surface area (Å²) in [6, 6.07) is 10.2. The van der Waals surface area contributed by atoms with E-state index in [-0.39, 0.29) is 6.04 Å². The lowest BCUT2D eigenvalue weighted by Gasteiger charge is -2.10. The first-order valence-corrected chi connectivity index (χ1v) is 6.57. The van der Waals surface area contributed by atoms with Crippen molar-refractivity contribution in [2.75, 3.05) is 0 Å². The summed E-state index contributed by atoms with van der Waals surface area (Å²) in [4.78, 5) is 4.33. The highest BCUT2D eigenvalue weighted by molar-refractivity contribution is 5.86. The molecule has 5 nitrogen and oxygen atoms in total. The van der Waals surface area contributed by atoms with Crippen LogP contribution in [0.3, 0.4) is 0 Å². The molecule has 0 atom stereocenters. The number of aromatic nitrogens is 4. The van der Waals surface area contributed by atoms with Gasteiger partial charge in [0, 0.05) is 23.1 Å². The first-order valence-electron chi connectivity index (χ1n) is 6.57. The summed E-state index contributed by atoms with van der Waals surface area (Å²) in [5.74, 6) is 0.917. The van der Waals surface area contributed by atoms with Gasteiger partial charge in [0.15, 0.2) is 0 Å². The molecule has 0 unspecified atom stereocenters. The SMILES string of the molecule is CC(C)n1ncnc1Cn1ccc2c(C#N)cccc21. The molecule has 2 aromatic heterocycles. The monoisotopic (exact) mass is 265 g/mol. The van der Waals surface area contributed by atoms with Crippen LogP contribution >= 0.6 is 0 Å². The van der Waals surface area contributed by atoms with Crippen LogP contribution in [0.15, 0.2) is 36.8 Å². The minimum Gasteiger partial charge on any atom is -0.340 e. The highest BCUT2D eigenvalue weighted by Crippen LogP contribution is 2.20. The second-order valence-electron chi connectivity index (χ2n) is 5.01. The molecule has 0 bridgehead atoms. The van der Waals surface area contributed by atoms with E-state index in [4.69, 9.17) is 5.26 Å². The van der Waals surface area contributed by atoms with E-state index in [1.807, 2.05) is 35.1 Å². The third-order valence-corrected chi connectivity index (χ3v) is 3.38. The molecule has 0 aliphatic carbocycles. The largest absolute Gasteiger partial charge is 0.340 e. The fourth-order valence-corrected chi connectivity index (χ4v) is 2.43. The van der Waals surface area contributed by atoms with E-state index in [1.54, 1.807) is 6.33 Å². The van der Waals surface area contributed by atoms with Crippen LogP contribution in [0.5, 0.6) is 0 Å². The second kappa shape index (κ2) is 4.82. The summed E-state index contributed by atoms with van der Waals surface area (Å²) in [5.41, 5.74) is 1.74. The van der Waals surface area contributed by atoms with Crippen LogP contribution in [0.2, 0.25) is 0 Å². The average Bonchev–Trinajstić information content (AvgIpc) is 3.06. The standard InChI is InChI=1S/C15H15N5/c1-11(2)20-15(17-10-18-20)9-19-7-6-13-12(8-16)4-3-5-14(13)19/h3-7,10-11H,9H2,1-2H3. The lowest BCUT2D eigenvalue weighted by atomic mass is 10.1. The van der Waals surface area contributed by atoms with E-state index >= 15 is 0 Å². The summed E-state index contributed by atoms with van der Waals surface area (Å²) in [6.45, 7) is 4.82. The summed E-state index contributed by atoms with van der Waals surface area (Å²) in [5, 5.41) is 14.4. The van der Waals surface area contributed by atoms with E-state index in [0.717, 1.165) is 16.7 Å². The number of benzene rings is 1. The zero-order valence-corrected chi connectivity index (χ0v) is 11.5. The van der Waals surface area contributed by atoms with Gasteiger partial charge in [-0.2, -0.15) is 10.4 Å². The first-order chi connectivity index (χ1) is 9.70. The molecule has 3 rings (SSSR count). The van der Waals surface area contributed by atoms with Gasteiger partial charge >= 0.3 is 0 Å². The Balaban J connectivity index is 2.04. The fourth-order valence-electron chi connectivity index (χ4n) is 2.43. The maximum atomic E-state index is 9.13. The maximum absolute atomic E-state index is 9.13. The smallest absolute Gasteiger partial charge is 0.147 e. The normalized spacial score (nSPS) is 11.1.